The van der Waals surface area contributed by atoms with Crippen molar-refractivity contribution in [3.8, 4) is 0 Å². The molecule has 72 valence electrons. The molecule has 0 bridgehead atoms. The summed E-state index contributed by atoms with van der Waals surface area (Å²) < 4.78 is 5.62. The fraction of sp³-hybridized carbons (Fsp3) is 0.900. The molecule has 3 fully saturated rings. The number of ketones is 1. The molecule has 1 spiro atoms. The first-order valence-corrected chi connectivity index (χ1v) is 4.82. The van der Waals surface area contributed by atoms with Crippen molar-refractivity contribution in [3.63, 3.8) is 0 Å². The van der Waals surface area contributed by atoms with Crippen LogP contribution in [-0.2, 0) is 9.53 Å². The minimum Gasteiger partial charge on any atom is -0.387 e. The van der Waals surface area contributed by atoms with Crippen LogP contribution in [0.1, 0.15) is 26.7 Å². The fourth-order valence-electron chi connectivity index (χ4n) is 3.62. The monoisotopic (exact) mass is 182 g/mol. The third kappa shape index (κ3) is 0.588. The van der Waals surface area contributed by atoms with E-state index in [1.54, 1.807) is 6.92 Å². The molecule has 1 aliphatic heterocycles. The van der Waals surface area contributed by atoms with Crippen molar-refractivity contribution in [1.82, 2.24) is 0 Å². The van der Waals surface area contributed by atoms with Gasteiger partial charge in [0, 0.05) is 17.8 Å². The Labute approximate surface area is 77.1 Å². The quantitative estimate of drug-likeness (QED) is 0.593. The van der Waals surface area contributed by atoms with Crippen LogP contribution in [0.4, 0.5) is 0 Å². The van der Waals surface area contributed by atoms with Gasteiger partial charge in [0.2, 0.25) is 0 Å². The number of ether oxygens (including phenoxy) is 1. The van der Waals surface area contributed by atoms with E-state index in [4.69, 9.17) is 4.74 Å². The van der Waals surface area contributed by atoms with Gasteiger partial charge in [-0.1, -0.05) is 0 Å². The van der Waals surface area contributed by atoms with Crippen LogP contribution >= 0.6 is 0 Å². The third-order valence-electron chi connectivity index (χ3n) is 4.44. The largest absolute Gasteiger partial charge is 0.387 e. The highest BCUT2D eigenvalue weighted by molar-refractivity contribution is 5.90. The highest BCUT2D eigenvalue weighted by Crippen LogP contribution is 2.75. The van der Waals surface area contributed by atoms with E-state index in [1.165, 1.54) is 0 Å². The molecular formula is C10H14O3. The molecule has 0 aromatic heterocycles. The predicted molar refractivity (Wildman–Crippen MR) is 45.1 cm³/mol. The minimum absolute atomic E-state index is 0.0787. The van der Waals surface area contributed by atoms with Crippen molar-refractivity contribution in [1.29, 1.82) is 0 Å². The van der Waals surface area contributed by atoms with Gasteiger partial charge in [0.1, 0.15) is 5.78 Å². The van der Waals surface area contributed by atoms with Crippen LogP contribution in [0, 0.1) is 11.3 Å². The van der Waals surface area contributed by atoms with Crippen LogP contribution in [0.3, 0.4) is 0 Å². The van der Waals surface area contributed by atoms with E-state index in [0.29, 0.717) is 13.0 Å². The lowest BCUT2D eigenvalue weighted by atomic mass is 9.77. The molecule has 1 saturated heterocycles. The number of carbonyl (C=O) groups is 1. The number of hydrogen-bond acceptors (Lipinski definition) is 3. The van der Waals surface area contributed by atoms with Gasteiger partial charge in [-0.15, -0.1) is 0 Å². The number of hydrogen-bond donors (Lipinski definition) is 1. The maximum atomic E-state index is 11.5. The summed E-state index contributed by atoms with van der Waals surface area (Å²) in [7, 11) is 0. The van der Waals surface area contributed by atoms with Crippen LogP contribution < -0.4 is 0 Å². The number of rotatable bonds is 0. The van der Waals surface area contributed by atoms with Crippen molar-refractivity contribution in [2.24, 2.45) is 11.3 Å². The van der Waals surface area contributed by atoms with E-state index in [-0.39, 0.29) is 22.7 Å². The van der Waals surface area contributed by atoms with Gasteiger partial charge in [-0.3, -0.25) is 4.79 Å². The van der Waals surface area contributed by atoms with Gasteiger partial charge < -0.3 is 9.84 Å². The standard InChI is InChI=1S/C10H14O3/c1-8(12)5-13-9(2)4-7(11)6-3-10(6,8)9/h6,12H,3-5H2,1-2H3. The van der Waals surface area contributed by atoms with Gasteiger partial charge in [-0.05, 0) is 20.3 Å². The van der Waals surface area contributed by atoms with Crippen molar-refractivity contribution in [2.75, 3.05) is 6.61 Å². The lowest BCUT2D eigenvalue weighted by Crippen LogP contribution is -2.42. The highest BCUT2D eigenvalue weighted by Gasteiger charge is 2.82. The molecule has 1 heterocycles. The first kappa shape index (κ1) is 7.94. The van der Waals surface area contributed by atoms with Gasteiger partial charge in [0.15, 0.2) is 0 Å². The zero-order valence-electron chi connectivity index (χ0n) is 7.96. The Morgan fingerprint density at radius 3 is 2.77 bits per heavy atom. The van der Waals surface area contributed by atoms with Crippen LogP contribution in [0.2, 0.25) is 0 Å². The lowest BCUT2D eigenvalue weighted by Gasteiger charge is -2.30. The van der Waals surface area contributed by atoms with Crippen molar-refractivity contribution in [2.45, 2.75) is 37.9 Å². The highest BCUT2D eigenvalue weighted by atomic mass is 16.5. The molecule has 0 aromatic carbocycles. The summed E-state index contributed by atoms with van der Waals surface area (Å²) in [5.41, 5.74) is -1.41. The van der Waals surface area contributed by atoms with Crippen molar-refractivity contribution >= 4 is 5.78 Å². The maximum Gasteiger partial charge on any atom is 0.139 e. The maximum absolute atomic E-state index is 11.5. The van der Waals surface area contributed by atoms with Gasteiger partial charge in [0.25, 0.3) is 0 Å². The Morgan fingerprint density at radius 1 is 1.54 bits per heavy atom. The van der Waals surface area contributed by atoms with Crippen LogP contribution in [0.25, 0.3) is 0 Å². The van der Waals surface area contributed by atoms with E-state index in [2.05, 4.69) is 0 Å². The second kappa shape index (κ2) is 1.71. The van der Waals surface area contributed by atoms with Gasteiger partial charge in [-0.25, -0.2) is 0 Å². The molecule has 3 aliphatic rings. The van der Waals surface area contributed by atoms with E-state index in [9.17, 15) is 9.90 Å². The Bertz CT molecular complexity index is 309. The Hall–Kier alpha value is -0.410. The van der Waals surface area contributed by atoms with E-state index in [1.807, 2.05) is 6.92 Å². The molecule has 4 unspecified atom stereocenters. The summed E-state index contributed by atoms with van der Waals surface area (Å²) in [4.78, 5) is 11.5. The third-order valence-corrected chi connectivity index (χ3v) is 4.44. The molecule has 1 N–H and O–H groups in total. The lowest BCUT2D eigenvalue weighted by molar-refractivity contribution is -0.122. The van der Waals surface area contributed by atoms with Gasteiger partial charge in [0.05, 0.1) is 17.8 Å². The zero-order chi connectivity index (χ0) is 9.48. The minimum atomic E-state index is -0.793. The fourth-order valence-corrected chi connectivity index (χ4v) is 3.62. The Morgan fingerprint density at radius 2 is 2.23 bits per heavy atom. The van der Waals surface area contributed by atoms with Crippen molar-refractivity contribution < 1.29 is 14.6 Å². The molecule has 0 amide bonds. The molecule has 3 heteroatoms. The first-order chi connectivity index (χ1) is 5.93. The van der Waals surface area contributed by atoms with E-state index in [0.717, 1.165) is 6.42 Å². The molecule has 2 aliphatic carbocycles. The molecule has 3 rings (SSSR count). The number of carbonyl (C=O) groups excluding carboxylic acids is 1. The summed E-state index contributed by atoms with van der Waals surface area (Å²) >= 11 is 0. The topological polar surface area (TPSA) is 46.5 Å². The molecule has 3 nitrogen and oxygen atoms in total. The second-order valence-electron chi connectivity index (χ2n) is 5.16. The zero-order valence-corrected chi connectivity index (χ0v) is 7.96. The average Bonchev–Trinajstić information content (AvgIpc) is 2.68. The average molecular weight is 182 g/mol. The van der Waals surface area contributed by atoms with Crippen LogP contribution in [0.5, 0.6) is 0 Å². The number of Topliss-reactive ketones (excluding diaryl/α,β-unsaturated/α-hetero) is 1. The summed E-state index contributed by atoms with van der Waals surface area (Å²) in [5, 5.41) is 10.2. The first-order valence-electron chi connectivity index (χ1n) is 4.82. The van der Waals surface area contributed by atoms with Crippen LogP contribution in [-0.4, -0.2) is 28.7 Å². The summed E-state index contributed by atoms with van der Waals surface area (Å²) in [6, 6.07) is 0. The molecule has 0 radical (unpaired) electrons. The Balaban J connectivity index is 2.13. The molecule has 0 aromatic rings. The summed E-state index contributed by atoms with van der Waals surface area (Å²) in [5.74, 6) is 0.359. The summed E-state index contributed by atoms with van der Waals surface area (Å²) in [6.07, 6.45) is 1.32. The number of aliphatic hydroxyl groups is 1. The SMILES string of the molecule is CC1(O)COC2(C)CC(=O)C3CC312. The van der Waals surface area contributed by atoms with E-state index >= 15 is 0 Å². The molecule has 4 atom stereocenters. The van der Waals surface area contributed by atoms with Crippen LogP contribution in [0.15, 0.2) is 0 Å². The molecule has 13 heavy (non-hydrogen) atoms. The summed E-state index contributed by atoms with van der Waals surface area (Å²) in [6.45, 7) is 4.16. The smallest absolute Gasteiger partial charge is 0.139 e. The normalized spacial score (nSPS) is 63.6. The predicted octanol–water partition coefficient (Wildman–Crippen LogP) is 0.505. The molecular weight excluding hydrogens is 168 g/mol. The van der Waals surface area contributed by atoms with Gasteiger partial charge in [-0.2, -0.15) is 0 Å². The Kier molecular flexibility index (Phi) is 1.04. The van der Waals surface area contributed by atoms with Gasteiger partial charge >= 0.3 is 0 Å². The van der Waals surface area contributed by atoms with E-state index < -0.39 is 5.60 Å². The molecule has 2 saturated carbocycles. The van der Waals surface area contributed by atoms with Crippen molar-refractivity contribution in [3.05, 3.63) is 0 Å². The second-order valence-corrected chi connectivity index (χ2v) is 5.16.